The summed E-state index contributed by atoms with van der Waals surface area (Å²) in [5.74, 6) is -0.421. The molecule has 8 nitrogen and oxygen atoms in total. The van der Waals surface area contributed by atoms with Crippen LogP contribution >= 0.6 is 0 Å². The zero-order chi connectivity index (χ0) is 17.1. The van der Waals surface area contributed by atoms with Gasteiger partial charge in [0.1, 0.15) is 18.1 Å². The van der Waals surface area contributed by atoms with Crippen LogP contribution < -0.4 is 0 Å². The molecule has 0 unspecified atom stereocenters. The van der Waals surface area contributed by atoms with Gasteiger partial charge in [0, 0.05) is 17.2 Å². The molecule has 0 saturated carbocycles. The largest absolute Gasteiger partial charge is 0.295 e. The van der Waals surface area contributed by atoms with Gasteiger partial charge in [-0.05, 0) is 12.1 Å². The van der Waals surface area contributed by atoms with Crippen LogP contribution in [0.5, 0.6) is 0 Å². The summed E-state index contributed by atoms with van der Waals surface area (Å²) in [7, 11) is 0. The van der Waals surface area contributed by atoms with Crippen molar-refractivity contribution < 1.29 is 9.72 Å². The summed E-state index contributed by atoms with van der Waals surface area (Å²) in [6.45, 7) is 0. The van der Waals surface area contributed by atoms with E-state index in [9.17, 15) is 14.9 Å². The average Bonchev–Trinajstić information content (AvgIpc) is 3.10. The highest BCUT2D eigenvalue weighted by molar-refractivity contribution is 6.09. The summed E-state index contributed by atoms with van der Waals surface area (Å²) in [4.78, 5) is 26.9. The average molecular weight is 319 g/mol. The molecule has 0 radical (unpaired) electrons. The molecular formula is C16H9N5O3. The normalized spacial score (nSPS) is 10.1. The zero-order valence-corrected chi connectivity index (χ0v) is 12.2. The third kappa shape index (κ3) is 2.74. The van der Waals surface area contributed by atoms with Crippen LogP contribution in [-0.2, 0) is 0 Å². The number of carbonyl (C=O) groups excluding carboxylic acids is 1. The molecule has 0 aliphatic rings. The van der Waals surface area contributed by atoms with Crippen molar-refractivity contribution in [2.24, 2.45) is 0 Å². The Morgan fingerprint density at radius 3 is 2.54 bits per heavy atom. The first-order valence-electron chi connectivity index (χ1n) is 6.80. The second-order valence-corrected chi connectivity index (χ2v) is 4.78. The highest BCUT2D eigenvalue weighted by Gasteiger charge is 2.20. The molecular weight excluding hydrogens is 310 g/mol. The minimum absolute atomic E-state index is 0.103. The number of rotatable bonds is 4. The fourth-order valence-corrected chi connectivity index (χ4v) is 2.19. The maximum atomic E-state index is 12.4. The maximum absolute atomic E-state index is 12.4. The monoisotopic (exact) mass is 319 g/mol. The minimum atomic E-state index is -0.606. The van der Waals surface area contributed by atoms with Gasteiger partial charge in [-0.2, -0.15) is 5.26 Å². The van der Waals surface area contributed by atoms with Gasteiger partial charge in [0.15, 0.2) is 5.78 Å². The van der Waals surface area contributed by atoms with Gasteiger partial charge in [0.2, 0.25) is 0 Å². The van der Waals surface area contributed by atoms with E-state index in [4.69, 9.17) is 5.26 Å². The lowest BCUT2D eigenvalue weighted by atomic mass is 10.0. The molecule has 0 aliphatic carbocycles. The maximum Gasteiger partial charge on any atom is 0.295 e. The summed E-state index contributed by atoms with van der Waals surface area (Å²) >= 11 is 0. The van der Waals surface area contributed by atoms with Crippen molar-refractivity contribution in [1.29, 1.82) is 5.26 Å². The van der Waals surface area contributed by atoms with Crippen LogP contribution in [0.25, 0.3) is 5.69 Å². The number of aromatic nitrogens is 3. The number of benzene rings is 2. The van der Waals surface area contributed by atoms with E-state index < -0.39 is 4.92 Å². The molecule has 24 heavy (non-hydrogen) atoms. The van der Waals surface area contributed by atoms with Crippen LogP contribution in [0.2, 0.25) is 0 Å². The molecule has 1 aromatic heterocycles. The number of nitrogens with zero attached hydrogens (tertiary/aromatic N) is 5. The number of ketones is 1. The van der Waals surface area contributed by atoms with Gasteiger partial charge < -0.3 is 0 Å². The van der Waals surface area contributed by atoms with Gasteiger partial charge in [-0.15, -0.1) is 5.10 Å². The molecule has 0 N–H and O–H groups in total. The molecule has 3 aromatic rings. The molecule has 0 aliphatic heterocycles. The number of carbonyl (C=O) groups is 1. The van der Waals surface area contributed by atoms with Crippen molar-refractivity contribution in [3.05, 3.63) is 81.9 Å². The first-order valence-corrected chi connectivity index (χ1v) is 6.80. The predicted molar refractivity (Wildman–Crippen MR) is 82.6 cm³/mol. The molecule has 2 aromatic carbocycles. The Kier molecular flexibility index (Phi) is 3.82. The molecule has 0 amide bonds. The summed E-state index contributed by atoms with van der Waals surface area (Å²) in [5.41, 5.74) is 0.453. The Balaban J connectivity index is 2.07. The first kappa shape index (κ1) is 15.1. The van der Waals surface area contributed by atoms with Crippen molar-refractivity contribution >= 4 is 11.5 Å². The Labute approximate surface area is 135 Å². The summed E-state index contributed by atoms with van der Waals surface area (Å²) < 4.78 is 1.13. The smallest absolute Gasteiger partial charge is 0.289 e. The lowest BCUT2D eigenvalue weighted by Crippen LogP contribution is -2.06. The Morgan fingerprint density at radius 2 is 1.92 bits per heavy atom. The van der Waals surface area contributed by atoms with Crippen molar-refractivity contribution in [3.8, 4) is 11.8 Å². The van der Waals surface area contributed by atoms with E-state index in [-0.39, 0.29) is 28.5 Å². The first-order chi connectivity index (χ1) is 11.6. The van der Waals surface area contributed by atoms with Crippen molar-refractivity contribution in [2.75, 3.05) is 0 Å². The van der Waals surface area contributed by atoms with Crippen molar-refractivity contribution in [1.82, 2.24) is 14.8 Å². The molecule has 0 atom stereocenters. The van der Waals surface area contributed by atoms with Gasteiger partial charge in [-0.1, -0.05) is 30.3 Å². The Morgan fingerprint density at radius 1 is 1.17 bits per heavy atom. The lowest BCUT2D eigenvalue weighted by Gasteiger charge is -2.05. The topological polar surface area (TPSA) is 115 Å². The molecule has 0 spiro atoms. The van der Waals surface area contributed by atoms with Crippen LogP contribution in [0.3, 0.4) is 0 Å². The number of hydrogen-bond donors (Lipinski definition) is 0. The summed E-state index contributed by atoms with van der Waals surface area (Å²) in [5, 5.41) is 23.9. The van der Waals surface area contributed by atoms with E-state index in [0.29, 0.717) is 5.56 Å². The number of hydrogen-bond acceptors (Lipinski definition) is 6. The Bertz CT molecular complexity index is 973. The van der Waals surface area contributed by atoms with Gasteiger partial charge >= 0.3 is 0 Å². The van der Waals surface area contributed by atoms with Crippen LogP contribution in [0, 0.1) is 21.4 Å². The van der Waals surface area contributed by atoms with Gasteiger partial charge in [-0.25, -0.2) is 9.67 Å². The summed E-state index contributed by atoms with van der Waals surface area (Å²) in [6.07, 6.45) is 1.21. The van der Waals surface area contributed by atoms with E-state index in [2.05, 4.69) is 10.1 Å². The quantitative estimate of drug-likeness (QED) is 0.414. The van der Waals surface area contributed by atoms with E-state index in [1.165, 1.54) is 24.5 Å². The Hall–Kier alpha value is -3.86. The van der Waals surface area contributed by atoms with Gasteiger partial charge in [-0.3, -0.25) is 14.9 Å². The van der Waals surface area contributed by atoms with Crippen molar-refractivity contribution in [3.63, 3.8) is 0 Å². The molecule has 8 heteroatoms. The molecule has 0 saturated heterocycles. The second kappa shape index (κ2) is 6.10. The fourth-order valence-electron chi connectivity index (χ4n) is 2.19. The SMILES string of the molecule is N#Cc1ncn(-c2ccc(C(=O)c3ccccc3)cc2[N+](=O)[O-])n1. The van der Waals surface area contributed by atoms with Gasteiger partial charge in [0.25, 0.3) is 11.5 Å². The van der Waals surface area contributed by atoms with Gasteiger partial charge in [0.05, 0.1) is 4.92 Å². The molecule has 0 fully saturated rings. The van der Waals surface area contributed by atoms with Crippen LogP contribution in [-0.4, -0.2) is 25.5 Å². The predicted octanol–water partition coefficient (Wildman–Crippen LogP) is 2.28. The molecule has 1 heterocycles. The van der Waals surface area contributed by atoms with Crippen molar-refractivity contribution in [2.45, 2.75) is 0 Å². The second-order valence-electron chi connectivity index (χ2n) is 4.78. The van der Waals surface area contributed by atoms with Crippen LogP contribution in [0.4, 0.5) is 5.69 Å². The number of nitro groups is 1. The zero-order valence-electron chi connectivity index (χ0n) is 12.2. The minimum Gasteiger partial charge on any atom is -0.289 e. The highest BCUT2D eigenvalue weighted by Crippen LogP contribution is 2.25. The van der Waals surface area contributed by atoms with E-state index in [0.717, 1.165) is 4.68 Å². The fraction of sp³-hybridized carbons (Fsp3) is 0. The number of nitro benzene ring substituents is 1. The molecule has 3 rings (SSSR count). The van der Waals surface area contributed by atoms with Crippen LogP contribution in [0.1, 0.15) is 21.7 Å². The highest BCUT2D eigenvalue weighted by atomic mass is 16.6. The van der Waals surface area contributed by atoms with E-state index in [1.807, 2.05) is 0 Å². The standard InChI is InChI=1S/C16H9N5O3/c17-9-15-18-10-20(19-15)13-7-6-12(8-14(13)21(23)24)16(22)11-4-2-1-3-5-11/h1-8,10H. The van der Waals surface area contributed by atoms with Crippen LogP contribution in [0.15, 0.2) is 54.9 Å². The third-order valence-corrected chi connectivity index (χ3v) is 3.31. The van der Waals surface area contributed by atoms with E-state index in [1.54, 1.807) is 36.4 Å². The lowest BCUT2D eigenvalue weighted by molar-refractivity contribution is -0.384. The third-order valence-electron chi connectivity index (χ3n) is 3.31. The molecule has 0 bridgehead atoms. The molecule has 116 valence electrons. The summed E-state index contributed by atoms with van der Waals surface area (Å²) in [6, 6.07) is 14.3. The van der Waals surface area contributed by atoms with E-state index >= 15 is 0 Å². The number of nitriles is 1.